The van der Waals surface area contributed by atoms with Crippen LogP contribution in [0.15, 0.2) is 54.9 Å². The molecule has 0 spiro atoms. The second kappa shape index (κ2) is 10.1. The molecule has 1 amide bonds. The molecule has 1 fully saturated rings. The largest absolute Gasteiger partial charge is 0.378 e. The smallest absolute Gasteiger partial charge is 0.274 e. The highest BCUT2D eigenvalue weighted by molar-refractivity contribution is 6.42. The van der Waals surface area contributed by atoms with Gasteiger partial charge in [-0.2, -0.15) is 0 Å². The van der Waals surface area contributed by atoms with E-state index in [2.05, 4.69) is 20.2 Å². The summed E-state index contributed by atoms with van der Waals surface area (Å²) in [6.45, 7) is 3.19. The van der Waals surface area contributed by atoms with Gasteiger partial charge in [0.1, 0.15) is 12.0 Å². The molecule has 0 unspecified atom stereocenters. The minimum absolute atomic E-state index is 0. The van der Waals surface area contributed by atoms with Crippen molar-refractivity contribution in [3.05, 3.63) is 70.6 Å². The summed E-state index contributed by atoms with van der Waals surface area (Å²) in [6.07, 6.45) is 1.36. The molecule has 1 aliphatic rings. The first-order valence-corrected chi connectivity index (χ1v) is 9.87. The molecule has 2 heterocycles. The molecule has 1 aliphatic heterocycles. The van der Waals surface area contributed by atoms with E-state index >= 15 is 0 Å². The molecule has 156 valence electrons. The Morgan fingerprint density at radius 3 is 2.40 bits per heavy atom. The summed E-state index contributed by atoms with van der Waals surface area (Å²) in [6, 6.07) is 14.5. The van der Waals surface area contributed by atoms with Crippen LogP contribution < -0.4 is 10.2 Å². The van der Waals surface area contributed by atoms with E-state index in [4.69, 9.17) is 27.9 Å². The van der Waals surface area contributed by atoms with Crippen LogP contribution in [0.1, 0.15) is 10.5 Å². The summed E-state index contributed by atoms with van der Waals surface area (Å²) in [5.41, 5.74) is 3.41. The number of carbonyl (C=O) groups is 1. The van der Waals surface area contributed by atoms with Gasteiger partial charge in [-0.1, -0.05) is 29.3 Å². The number of anilines is 2. The molecule has 1 N–H and O–H groups in total. The lowest BCUT2D eigenvalue weighted by Crippen LogP contribution is -2.36. The Hall–Kier alpha value is -2.38. The monoisotopic (exact) mass is 464 g/mol. The van der Waals surface area contributed by atoms with Crippen LogP contribution in [-0.4, -0.2) is 42.2 Å². The van der Waals surface area contributed by atoms with Crippen molar-refractivity contribution < 1.29 is 9.53 Å². The fourth-order valence-corrected chi connectivity index (χ4v) is 3.37. The van der Waals surface area contributed by atoms with E-state index in [-0.39, 0.29) is 24.0 Å². The molecule has 0 saturated carbocycles. The second-order valence-corrected chi connectivity index (χ2v) is 7.33. The van der Waals surface area contributed by atoms with Crippen molar-refractivity contribution in [2.75, 3.05) is 36.5 Å². The van der Waals surface area contributed by atoms with E-state index in [0.717, 1.165) is 37.6 Å². The molecular formula is C21H19Cl3N4O2. The average molecular weight is 466 g/mol. The van der Waals surface area contributed by atoms with E-state index < -0.39 is 0 Å². The Morgan fingerprint density at radius 2 is 1.70 bits per heavy atom. The second-order valence-electron chi connectivity index (χ2n) is 6.52. The third-order valence-electron chi connectivity index (χ3n) is 4.62. The van der Waals surface area contributed by atoms with Crippen molar-refractivity contribution in [3.63, 3.8) is 0 Å². The van der Waals surface area contributed by atoms with Crippen LogP contribution in [0.25, 0.3) is 11.3 Å². The number of hydrogen-bond acceptors (Lipinski definition) is 5. The molecular weight excluding hydrogens is 447 g/mol. The fraction of sp³-hybridized carbons (Fsp3) is 0.190. The number of hydrogen-bond donors (Lipinski definition) is 1. The molecule has 3 aromatic rings. The Morgan fingerprint density at radius 1 is 0.967 bits per heavy atom. The minimum Gasteiger partial charge on any atom is -0.378 e. The average Bonchev–Trinajstić information content (AvgIpc) is 2.77. The number of nitrogens with one attached hydrogen (secondary N) is 1. The Bertz CT molecular complexity index is 1030. The van der Waals surface area contributed by atoms with Gasteiger partial charge < -0.3 is 15.0 Å². The van der Waals surface area contributed by atoms with Crippen LogP contribution >= 0.6 is 35.6 Å². The normalized spacial score (nSPS) is 13.5. The molecule has 30 heavy (non-hydrogen) atoms. The maximum atomic E-state index is 12.6. The van der Waals surface area contributed by atoms with E-state index in [1.807, 2.05) is 24.3 Å². The number of aromatic nitrogens is 2. The standard InChI is InChI=1S/C21H18Cl2N4O2.ClH/c22-17-6-1-14(11-18(17)23)19-12-20(25-13-24-19)21(28)26-15-2-4-16(5-3-15)27-7-9-29-10-8-27;/h1-6,11-13H,7-10H2,(H,26,28);1H. The Balaban J connectivity index is 0.00000256. The van der Waals surface area contributed by atoms with Crippen molar-refractivity contribution in [2.45, 2.75) is 0 Å². The van der Waals surface area contributed by atoms with Gasteiger partial charge in [-0.25, -0.2) is 9.97 Å². The molecule has 2 aromatic carbocycles. The highest BCUT2D eigenvalue weighted by atomic mass is 35.5. The third kappa shape index (κ3) is 5.21. The summed E-state index contributed by atoms with van der Waals surface area (Å²) in [5.74, 6) is -0.312. The van der Waals surface area contributed by atoms with Gasteiger partial charge in [-0.15, -0.1) is 12.4 Å². The number of morpholine rings is 1. The number of nitrogens with zero attached hydrogens (tertiary/aromatic N) is 3. The minimum atomic E-state index is -0.312. The fourth-order valence-electron chi connectivity index (χ4n) is 3.07. The molecule has 1 saturated heterocycles. The van der Waals surface area contributed by atoms with Gasteiger partial charge in [0.15, 0.2) is 0 Å². The van der Waals surface area contributed by atoms with Gasteiger partial charge in [0.05, 0.1) is 29.0 Å². The molecule has 0 bridgehead atoms. The number of benzene rings is 2. The first kappa shape index (κ1) is 22.3. The van der Waals surface area contributed by atoms with Crippen molar-refractivity contribution in [1.29, 1.82) is 0 Å². The zero-order valence-corrected chi connectivity index (χ0v) is 18.2. The molecule has 0 atom stereocenters. The molecule has 4 rings (SSSR count). The summed E-state index contributed by atoms with van der Waals surface area (Å²) < 4.78 is 5.38. The number of halogens is 3. The maximum Gasteiger partial charge on any atom is 0.274 e. The van der Waals surface area contributed by atoms with Crippen LogP contribution in [0.5, 0.6) is 0 Å². The van der Waals surface area contributed by atoms with Gasteiger partial charge >= 0.3 is 0 Å². The first-order valence-electron chi connectivity index (χ1n) is 9.12. The van der Waals surface area contributed by atoms with Crippen molar-refractivity contribution in [2.24, 2.45) is 0 Å². The van der Waals surface area contributed by atoms with Gasteiger partial charge in [-0.05, 0) is 42.5 Å². The van der Waals surface area contributed by atoms with Crippen LogP contribution in [0.4, 0.5) is 11.4 Å². The van der Waals surface area contributed by atoms with E-state index in [0.29, 0.717) is 21.4 Å². The summed E-state index contributed by atoms with van der Waals surface area (Å²) in [7, 11) is 0. The van der Waals surface area contributed by atoms with Gasteiger partial charge in [-0.3, -0.25) is 4.79 Å². The number of ether oxygens (including phenoxy) is 1. The van der Waals surface area contributed by atoms with Crippen molar-refractivity contribution in [1.82, 2.24) is 9.97 Å². The molecule has 0 aliphatic carbocycles. The summed E-state index contributed by atoms with van der Waals surface area (Å²) >= 11 is 12.0. The van der Waals surface area contributed by atoms with Crippen LogP contribution in [0.3, 0.4) is 0 Å². The zero-order chi connectivity index (χ0) is 20.2. The number of carbonyl (C=O) groups excluding carboxylic acids is 1. The lowest BCUT2D eigenvalue weighted by atomic mass is 10.1. The molecule has 1 aromatic heterocycles. The number of rotatable bonds is 4. The summed E-state index contributed by atoms with van der Waals surface area (Å²) in [5, 5.41) is 3.75. The van der Waals surface area contributed by atoms with E-state index in [1.54, 1.807) is 24.3 Å². The SMILES string of the molecule is Cl.O=C(Nc1ccc(N2CCOCC2)cc1)c1cc(-c2ccc(Cl)c(Cl)c2)ncn1. The number of amides is 1. The third-order valence-corrected chi connectivity index (χ3v) is 5.36. The van der Waals surface area contributed by atoms with Gasteiger partial charge in [0.25, 0.3) is 5.91 Å². The van der Waals surface area contributed by atoms with Gasteiger partial charge in [0.2, 0.25) is 0 Å². The Kier molecular flexibility index (Phi) is 7.50. The Labute approximate surface area is 190 Å². The molecule has 6 nitrogen and oxygen atoms in total. The van der Waals surface area contributed by atoms with Gasteiger partial charge in [0, 0.05) is 30.0 Å². The predicted octanol–water partition coefficient (Wildman–Crippen LogP) is 4.96. The van der Waals surface area contributed by atoms with E-state index in [9.17, 15) is 4.79 Å². The maximum absolute atomic E-state index is 12.6. The lowest BCUT2D eigenvalue weighted by molar-refractivity contribution is 0.102. The predicted molar refractivity (Wildman–Crippen MR) is 122 cm³/mol. The lowest BCUT2D eigenvalue weighted by Gasteiger charge is -2.28. The van der Waals surface area contributed by atoms with Crippen molar-refractivity contribution >= 4 is 52.9 Å². The van der Waals surface area contributed by atoms with Crippen LogP contribution in [-0.2, 0) is 4.74 Å². The van der Waals surface area contributed by atoms with Crippen LogP contribution in [0.2, 0.25) is 10.0 Å². The zero-order valence-electron chi connectivity index (χ0n) is 15.8. The highest BCUT2D eigenvalue weighted by Gasteiger charge is 2.13. The van der Waals surface area contributed by atoms with E-state index in [1.165, 1.54) is 6.33 Å². The molecule has 9 heteroatoms. The van der Waals surface area contributed by atoms with Crippen molar-refractivity contribution in [3.8, 4) is 11.3 Å². The quantitative estimate of drug-likeness (QED) is 0.590. The topological polar surface area (TPSA) is 67.4 Å². The highest BCUT2D eigenvalue weighted by Crippen LogP contribution is 2.27. The van der Waals surface area contributed by atoms with Crippen LogP contribution in [0, 0.1) is 0 Å². The summed E-state index contributed by atoms with van der Waals surface area (Å²) in [4.78, 5) is 23.2. The first-order chi connectivity index (χ1) is 14.1. The molecule has 0 radical (unpaired) electrons.